The molecule has 0 aromatic heterocycles. The van der Waals surface area contributed by atoms with Crippen LogP contribution in [0.15, 0.2) is 29.3 Å². The van der Waals surface area contributed by atoms with E-state index in [0.29, 0.717) is 18.5 Å². The average Bonchev–Trinajstić information content (AvgIpc) is 3.20. The predicted molar refractivity (Wildman–Crippen MR) is 133 cm³/mol. The van der Waals surface area contributed by atoms with Crippen molar-refractivity contribution in [2.45, 2.75) is 65.0 Å². The molecule has 3 N–H and O–H groups in total. The van der Waals surface area contributed by atoms with E-state index in [1.807, 2.05) is 30.1 Å². The first-order valence-corrected chi connectivity index (χ1v) is 12.4. The predicted octanol–water partition coefficient (Wildman–Crippen LogP) is 3.88. The lowest BCUT2D eigenvalue weighted by molar-refractivity contribution is 0.161. The number of aliphatic imine (C=N–C) groups is 1. The van der Waals surface area contributed by atoms with E-state index in [0.717, 1.165) is 49.7 Å². The third-order valence-corrected chi connectivity index (χ3v) is 6.61. The van der Waals surface area contributed by atoms with E-state index >= 15 is 0 Å². The summed E-state index contributed by atoms with van der Waals surface area (Å²) in [5.41, 5.74) is 1.95. The van der Waals surface area contributed by atoms with Crippen molar-refractivity contribution >= 4 is 17.7 Å². The molecule has 0 spiro atoms. The Bertz CT molecular complexity index is 736. The van der Waals surface area contributed by atoms with Gasteiger partial charge in [-0.25, -0.2) is 4.79 Å². The number of benzene rings is 1. The number of urea groups is 1. The monoisotopic (exact) mass is 442 g/mol. The highest BCUT2D eigenvalue weighted by molar-refractivity contribution is 5.89. The maximum Gasteiger partial charge on any atom is 0.321 e. The molecule has 7 heteroatoms. The van der Waals surface area contributed by atoms with Gasteiger partial charge in [0.2, 0.25) is 0 Å². The van der Waals surface area contributed by atoms with Crippen molar-refractivity contribution in [2.24, 2.45) is 10.9 Å². The number of nitrogens with one attached hydrogen (secondary N) is 3. The van der Waals surface area contributed by atoms with Crippen LogP contribution in [-0.4, -0.2) is 67.6 Å². The second kappa shape index (κ2) is 12.7. The molecule has 178 valence electrons. The quantitative estimate of drug-likeness (QED) is 0.443. The molecule has 2 saturated heterocycles. The smallest absolute Gasteiger partial charge is 0.321 e. The van der Waals surface area contributed by atoms with Crippen molar-refractivity contribution in [1.29, 1.82) is 0 Å². The molecular formula is C25H42N6O. The molecule has 1 unspecified atom stereocenters. The first kappa shape index (κ1) is 24.4. The summed E-state index contributed by atoms with van der Waals surface area (Å²) in [7, 11) is 1.82. The van der Waals surface area contributed by atoms with Gasteiger partial charge >= 0.3 is 6.03 Å². The molecule has 2 aliphatic rings. The van der Waals surface area contributed by atoms with Crippen LogP contribution in [0.4, 0.5) is 10.5 Å². The van der Waals surface area contributed by atoms with Crippen molar-refractivity contribution in [3.8, 4) is 0 Å². The van der Waals surface area contributed by atoms with E-state index in [4.69, 9.17) is 0 Å². The van der Waals surface area contributed by atoms with Crippen molar-refractivity contribution in [2.75, 3.05) is 45.1 Å². The minimum atomic E-state index is -0.00155. The van der Waals surface area contributed by atoms with E-state index in [2.05, 4.69) is 45.8 Å². The molecule has 2 aliphatic heterocycles. The number of anilines is 1. The minimum absolute atomic E-state index is 0.00155. The van der Waals surface area contributed by atoms with Crippen LogP contribution in [0.25, 0.3) is 0 Å². The Labute approximate surface area is 194 Å². The highest BCUT2D eigenvalue weighted by Crippen LogP contribution is 2.17. The van der Waals surface area contributed by atoms with Gasteiger partial charge in [0.15, 0.2) is 5.96 Å². The standard InChI is InChI=1S/C25H42N6O/c1-20(2)23(30-13-6-4-5-7-14-30)19-28-24(26-3)27-18-21-11-10-12-22(17-21)29-25(32)31-15-8-9-16-31/h10-12,17,20,23H,4-9,13-16,18-19H2,1-3H3,(H,29,32)(H2,26,27,28). The number of rotatable bonds is 7. The maximum absolute atomic E-state index is 12.4. The second-order valence-electron chi connectivity index (χ2n) is 9.39. The number of nitrogens with zero attached hydrogens (tertiary/aromatic N) is 3. The summed E-state index contributed by atoms with van der Waals surface area (Å²) < 4.78 is 0. The van der Waals surface area contributed by atoms with Crippen molar-refractivity contribution in [3.63, 3.8) is 0 Å². The molecule has 2 amide bonds. The Morgan fingerprint density at radius 2 is 1.69 bits per heavy atom. The highest BCUT2D eigenvalue weighted by Gasteiger charge is 2.23. The molecule has 2 heterocycles. The van der Waals surface area contributed by atoms with Crippen LogP contribution in [0.5, 0.6) is 0 Å². The van der Waals surface area contributed by atoms with Crippen molar-refractivity contribution in [1.82, 2.24) is 20.4 Å². The zero-order chi connectivity index (χ0) is 22.8. The van der Waals surface area contributed by atoms with E-state index in [-0.39, 0.29) is 6.03 Å². The van der Waals surface area contributed by atoms with Crippen LogP contribution < -0.4 is 16.0 Å². The van der Waals surface area contributed by atoms with Crippen molar-refractivity contribution in [3.05, 3.63) is 29.8 Å². The van der Waals surface area contributed by atoms with Gasteiger partial charge in [-0.05, 0) is 62.4 Å². The van der Waals surface area contributed by atoms with E-state index < -0.39 is 0 Å². The van der Waals surface area contributed by atoms with Gasteiger partial charge in [-0.3, -0.25) is 9.89 Å². The van der Waals surface area contributed by atoms with Gasteiger partial charge in [0, 0.05) is 45.0 Å². The first-order chi connectivity index (χ1) is 15.6. The minimum Gasteiger partial charge on any atom is -0.355 e. The number of amides is 2. The summed E-state index contributed by atoms with van der Waals surface area (Å²) in [6, 6.07) is 8.54. The molecule has 32 heavy (non-hydrogen) atoms. The van der Waals surface area contributed by atoms with Crippen LogP contribution in [-0.2, 0) is 6.54 Å². The molecule has 0 radical (unpaired) electrons. The Kier molecular flexibility index (Phi) is 9.65. The fraction of sp³-hybridized carbons (Fsp3) is 0.680. The normalized spacial score (nSPS) is 19.0. The topological polar surface area (TPSA) is 72.0 Å². The van der Waals surface area contributed by atoms with Gasteiger partial charge in [-0.1, -0.05) is 38.8 Å². The summed E-state index contributed by atoms with van der Waals surface area (Å²) in [5.74, 6) is 1.41. The Morgan fingerprint density at radius 3 is 2.34 bits per heavy atom. The molecule has 1 aromatic carbocycles. The number of hydrogen-bond acceptors (Lipinski definition) is 3. The fourth-order valence-corrected chi connectivity index (χ4v) is 4.70. The molecule has 1 aromatic rings. The number of guanidine groups is 1. The van der Waals surface area contributed by atoms with Gasteiger partial charge in [0.25, 0.3) is 0 Å². The first-order valence-electron chi connectivity index (χ1n) is 12.4. The molecule has 0 saturated carbocycles. The number of likely N-dealkylation sites (tertiary alicyclic amines) is 2. The Morgan fingerprint density at radius 1 is 1.00 bits per heavy atom. The SMILES string of the molecule is CN=C(NCc1cccc(NC(=O)N2CCCC2)c1)NCC(C(C)C)N1CCCCCC1. The van der Waals surface area contributed by atoms with Crippen LogP contribution in [0.3, 0.4) is 0 Å². The molecule has 3 rings (SSSR count). The zero-order valence-electron chi connectivity index (χ0n) is 20.2. The molecule has 0 aliphatic carbocycles. The van der Waals surface area contributed by atoms with Gasteiger partial charge < -0.3 is 20.9 Å². The third kappa shape index (κ3) is 7.40. The lowest BCUT2D eigenvalue weighted by atomic mass is 10.0. The number of carbonyl (C=O) groups excluding carboxylic acids is 1. The number of hydrogen-bond donors (Lipinski definition) is 3. The summed E-state index contributed by atoms with van der Waals surface area (Å²) >= 11 is 0. The van der Waals surface area contributed by atoms with Crippen LogP contribution in [0.1, 0.15) is 57.9 Å². The number of carbonyl (C=O) groups is 1. The maximum atomic E-state index is 12.4. The fourth-order valence-electron chi connectivity index (χ4n) is 4.70. The van der Waals surface area contributed by atoms with Crippen LogP contribution >= 0.6 is 0 Å². The van der Waals surface area contributed by atoms with Gasteiger partial charge in [-0.15, -0.1) is 0 Å². The largest absolute Gasteiger partial charge is 0.355 e. The zero-order valence-corrected chi connectivity index (χ0v) is 20.2. The average molecular weight is 443 g/mol. The lowest BCUT2D eigenvalue weighted by Gasteiger charge is -2.34. The van der Waals surface area contributed by atoms with Crippen LogP contribution in [0.2, 0.25) is 0 Å². The summed E-state index contributed by atoms with van der Waals surface area (Å²) in [6.07, 6.45) is 7.52. The lowest BCUT2D eigenvalue weighted by Crippen LogP contribution is -2.49. The third-order valence-electron chi connectivity index (χ3n) is 6.61. The second-order valence-corrected chi connectivity index (χ2v) is 9.39. The van der Waals surface area contributed by atoms with Gasteiger partial charge in [-0.2, -0.15) is 0 Å². The Hall–Kier alpha value is -2.28. The van der Waals surface area contributed by atoms with E-state index in [1.54, 1.807) is 0 Å². The van der Waals surface area contributed by atoms with Gasteiger partial charge in [0.05, 0.1) is 0 Å². The highest BCUT2D eigenvalue weighted by atomic mass is 16.2. The summed E-state index contributed by atoms with van der Waals surface area (Å²) in [6.45, 7) is 10.3. The molecule has 1 atom stereocenters. The molecular weight excluding hydrogens is 400 g/mol. The molecule has 7 nitrogen and oxygen atoms in total. The van der Waals surface area contributed by atoms with Crippen molar-refractivity contribution < 1.29 is 4.79 Å². The summed E-state index contributed by atoms with van der Waals surface area (Å²) in [4.78, 5) is 21.3. The van der Waals surface area contributed by atoms with E-state index in [1.165, 1.54) is 38.8 Å². The Balaban J connectivity index is 1.49. The van der Waals surface area contributed by atoms with E-state index in [9.17, 15) is 4.79 Å². The molecule has 0 bridgehead atoms. The molecule has 2 fully saturated rings. The summed E-state index contributed by atoms with van der Waals surface area (Å²) in [5, 5.41) is 10.00. The van der Waals surface area contributed by atoms with Gasteiger partial charge in [0.1, 0.15) is 0 Å². The van der Waals surface area contributed by atoms with Crippen LogP contribution in [0, 0.1) is 5.92 Å².